The minimum atomic E-state index is -3.69. The van der Waals surface area contributed by atoms with Gasteiger partial charge in [0.25, 0.3) is 10.0 Å². The van der Waals surface area contributed by atoms with E-state index >= 15 is 0 Å². The van der Waals surface area contributed by atoms with Crippen LogP contribution < -0.4 is 4.72 Å². The lowest BCUT2D eigenvalue weighted by Crippen LogP contribution is -2.12. The number of pyridine rings is 1. The third-order valence-electron chi connectivity index (χ3n) is 2.75. The first-order valence-electron chi connectivity index (χ1n) is 5.63. The number of H-pyrrole nitrogens is 1. The Bertz CT molecular complexity index is 862. The Balaban J connectivity index is 2.11. The number of fused-ring (bicyclic) bond motifs is 1. The Morgan fingerprint density at radius 2 is 2.10 bits per heavy atom. The maximum atomic E-state index is 12.2. The lowest BCUT2D eigenvalue weighted by molar-refractivity contribution is 0.601. The van der Waals surface area contributed by atoms with E-state index in [1.54, 1.807) is 30.5 Å². The second-order valence-electron chi connectivity index (χ2n) is 4.03. The molecule has 20 heavy (non-hydrogen) atoms. The lowest BCUT2D eigenvalue weighted by atomic mass is 10.2. The first-order chi connectivity index (χ1) is 9.58. The van der Waals surface area contributed by atoms with Crippen molar-refractivity contribution < 1.29 is 8.42 Å². The normalized spacial score (nSPS) is 11.7. The van der Waals surface area contributed by atoms with Crippen molar-refractivity contribution in [3.63, 3.8) is 0 Å². The molecule has 0 saturated heterocycles. The van der Waals surface area contributed by atoms with Crippen molar-refractivity contribution in [2.45, 2.75) is 4.90 Å². The Hall–Kier alpha value is -2.12. The Morgan fingerprint density at radius 3 is 2.85 bits per heavy atom. The number of rotatable bonds is 3. The minimum absolute atomic E-state index is 0.0597. The maximum Gasteiger partial charge on any atom is 0.265 e. The monoisotopic (exact) mass is 308 g/mol. The molecule has 3 aromatic rings. The summed E-state index contributed by atoms with van der Waals surface area (Å²) >= 11 is 6.05. The highest BCUT2D eigenvalue weighted by atomic mass is 35.5. The average molecular weight is 309 g/mol. The number of benzene rings is 1. The smallest absolute Gasteiger partial charge is 0.265 e. The van der Waals surface area contributed by atoms with Gasteiger partial charge in [-0.05, 0) is 24.3 Å². The zero-order valence-corrected chi connectivity index (χ0v) is 11.6. The molecule has 6 nitrogen and oxygen atoms in total. The highest BCUT2D eigenvalue weighted by molar-refractivity contribution is 7.92. The highest BCUT2D eigenvalue weighted by Crippen LogP contribution is 2.29. The molecule has 8 heteroatoms. The van der Waals surface area contributed by atoms with Gasteiger partial charge in [0.05, 0.1) is 22.4 Å². The topological polar surface area (TPSA) is 87.7 Å². The van der Waals surface area contributed by atoms with Crippen LogP contribution in [-0.4, -0.2) is 23.6 Å². The summed E-state index contributed by atoms with van der Waals surface area (Å²) in [5.41, 5.74) is 0.959. The van der Waals surface area contributed by atoms with Crippen LogP contribution in [0.1, 0.15) is 0 Å². The molecule has 0 fully saturated rings. The van der Waals surface area contributed by atoms with E-state index in [4.69, 9.17) is 11.6 Å². The van der Waals surface area contributed by atoms with Crippen LogP contribution in [0.3, 0.4) is 0 Å². The molecule has 2 aromatic heterocycles. The molecule has 1 aromatic carbocycles. The van der Waals surface area contributed by atoms with Crippen molar-refractivity contribution >= 4 is 38.2 Å². The number of aromatic nitrogens is 3. The molecule has 0 aliphatic heterocycles. The summed E-state index contributed by atoms with van der Waals surface area (Å²) in [6.07, 6.45) is 4.14. The quantitative estimate of drug-likeness (QED) is 0.777. The number of nitrogens with one attached hydrogen (secondary N) is 2. The predicted molar refractivity (Wildman–Crippen MR) is 76.1 cm³/mol. The molecule has 0 unspecified atom stereocenters. The molecule has 0 saturated carbocycles. The summed E-state index contributed by atoms with van der Waals surface area (Å²) in [6, 6.07) is 6.67. The summed E-state index contributed by atoms with van der Waals surface area (Å²) in [4.78, 5) is 4.21. The number of halogens is 1. The molecule has 0 amide bonds. The molecule has 2 heterocycles. The van der Waals surface area contributed by atoms with Gasteiger partial charge in [-0.1, -0.05) is 11.6 Å². The van der Waals surface area contributed by atoms with E-state index in [0.29, 0.717) is 21.6 Å². The molecule has 0 radical (unpaired) electrons. The molecule has 102 valence electrons. The molecule has 0 aliphatic carbocycles. The number of hydrogen-bond donors (Lipinski definition) is 2. The lowest BCUT2D eigenvalue weighted by Gasteiger charge is -2.09. The van der Waals surface area contributed by atoms with Crippen LogP contribution >= 0.6 is 11.6 Å². The Labute approximate surface area is 119 Å². The first-order valence-corrected chi connectivity index (χ1v) is 7.49. The van der Waals surface area contributed by atoms with Gasteiger partial charge in [0.1, 0.15) is 4.90 Å². The standard InChI is InChI=1S/C12H9ClN4O2S/c13-10-3-4-11(9-2-1-5-14-12(9)10)17-20(18,19)8-6-15-16-7-8/h1-7,17H,(H,15,16). The van der Waals surface area contributed by atoms with E-state index < -0.39 is 10.0 Å². The van der Waals surface area contributed by atoms with E-state index in [1.807, 2.05) is 0 Å². The van der Waals surface area contributed by atoms with Crippen LogP contribution in [0.2, 0.25) is 5.02 Å². The van der Waals surface area contributed by atoms with Crippen molar-refractivity contribution in [1.82, 2.24) is 15.2 Å². The van der Waals surface area contributed by atoms with Gasteiger partial charge in [-0.2, -0.15) is 5.10 Å². The van der Waals surface area contributed by atoms with Gasteiger partial charge in [0, 0.05) is 17.8 Å². The van der Waals surface area contributed by atoms with Crippen LogP contribution in [0, 0.1) is 0 Å². The number of nitrogens with zero attached hydrogens (tertiary/aromatic N) is 2. The highest BCUT2D eigenvalue weighted by Gasteiger charge is 2.17. The van der Waals surface area contributed by atoms with E-state index in [1.165, 1.54) is 12.4 Å². The van der Waals surface area contributed by atoms with Crippen LogP contribution in [0.15, 0.2) is 47.8 Å². The van der Waals surface area contributed by atoms with Gasteiger partial charge in [-0.25, -0.2) is 8.42 Å². The molecule has 2 N–H and O–H groups in total. The van der Waals surface area contributed by atoms with E-state index in [0.717, 1.165) is 0 Å². The molecular weight excluding hydrogens is 300 g/mol. The number of sulfonamides is 1. The van der Waals surface area contributed by atoms with Gasteiger partial charge in [-0.3, -0.25) is 14.8 Å². The van der Waals surface area contributed by atoms with Crippen LogP contribution in [0.4, 0.5) is 5.69 Å². The van der Waals surface area contributed by atoms with Gasteiger partial charge < -0.3 is 0 Å². The van der Waals surface area contributed by atoms with Crippen molar-refractivity contribution in [3.05, 3.63) is 47.9 Å². The van der Waals surface area contributed by atoms with Crippen LogP contribution in [-0.2, 0) is 10.0 Å². The Kier molecular flexibility index (Phi) is 3.07. The largest absolute Gasteiger partial charge is 0.284 e. The average Bonchev–Trinajstić information content (AvgIpc) is 2.97. The van der Waals surface area contributed by atoms with Crippen molar-refractivity contribution in [3.8, 4) is 0 Å². The third-order valence-corrected chi connectivity index (χ3v) is 4.39. The minimum Gasteiger partial charge on any atom is -0.284 e. The number of hydrogen-bond acceptors (Lipinski definition) is 4. The second-order valence-corrected chi connectivity index (χ2v) is 6.12. The number of anilines is 1. The van der Waals surface area contributed by atoms with Gasteiger partial charge in [0.15, 0.2) is 0 Å². The molecule has 0 aliphatic rings. The van der Waals surface area contributed by atoms with Crippen molar-refractivity contribution in [2.75, 3.05) is 4.72 Å². The van der Waals surface area contributed by atoms with Gasteiger partial charge in [0.2, 0.25) is 0 Å². The summed E-state index contributed by atoms with van der Waals surface area (Å²) in [5, 5.41) is 7.19. The summed E-state index contributed by atoms with van der Waals surface area (Å²) in [7, 11) is -3.69. The van der Waals surface area contributed by atoms with Crippen LogP contribution in [0.5, 0.6) is 0 Å². The first kappa shape index (κ1) is 12.9. The zero-order valence-electron chi connectivity index (χ0n) is 10.0. The SMILES string of the molecule is O=S(=O)(Nc1ccc(Cl)c2ncccc12)c1cn[nH]c1. The fourth-order valence-corrected chi connectivity index (χ4v) is 3.02. The summed E-state index contributed by atoms with van der Waals surface area (Å²) in [6.45, 7) is 0. The second kappa shape index (κ2) is 4.77. The summed E-state index contributed by atoms with van der Waals surface area (Å²) < 4.78 is 26.8. The molecule has 0 atom stereocenters. The fourth-order valence-electron chi connectivity index (χ4n) is 1.82. The zero-order chi connectivity index (χ0) is 14.2. The molecule has 3 rings (SSSR count). The fraction of sp³-hybridized carbons (Fsp3) is 0. The third kappa shape index (κ3) is 2.21. The molecule has 0 bridgehead atoms. The van der Waals surface area contributed by atoms with Gasteiger partial charge in [-0.15, -0.1) is 0 Å². The summed E-state index contributed by atoms with van der Waals surface area (Å²) in [5.74, 6) is 0. The molecule has 0 spiro atoms. The predicted octanol–water partition coefficient (Wildman–Crippen LogP) is 2.41. The maximum absolute atomic E-state index is 12.2. The van der Waals surface area contributed by atoms with E-state index in [-0.39, 0.29) is 4.90 Å². The van der Waals surface area contributed by atoms with Crippen LogP contribution in [0.25, 0.3) is 10.9 Å². The van der Waals surface area contributed by atoms with E-state index in [2.05, 4.69) is 19.9 Å². The van der Waals surface area contributed by atoms with Crippen molar-refractivity contribution in [2.24, 2.45) is 0 Å². The van der Waals surface area contributed by atoms with Crippen molar-refractivity contribution in [1.29, 1.82) is 0 Å². The Morgan fingerprint density at radius 1 is 1.25 bits per heavy atom. The van der Waals surface area contributed by atoms with E-state index in [9.17, 15) is 8.42 Å². The molecular formula is C12H9ClN4O2S. The number of aromatic amines is 1. The van der Waals surface area contributed by atoms with Gasteiger partial charge >= 0.3 is 0 Å².